The number of aromatic nitrogens is 1. The van der Waals surface area contributed by atoms with Gasteiger partial charge in [-0.05, 0) is 12.1 Å². The largest absolute Gasteiger partial charge is 0.503 e. The van der Waals surface area contributed by atoms with Crippen LogP contribution >= 0.6 is 0 Å². The highest BCUT2D eigenvalue weighted by molar-refractivity contribution is 5.22. The molecule has 0 aliphatic carbocycles. The maximum Gasteiger partial charge on any atom is 0.223 e. The van der Waals surface area contributed by atoms with E-state index in [1.807, 2.05) is 30.3 Å². The minimum absolute atomic E-state index is 0.196. The molecule has 0 bridgehead atoms. The number of aromatic amines is 1. The van der Waals surface area contributed by atoms with Gasteiger partial charge in [-0.1, -0.05) is 18.2 Å². The van der Waals surface area contributed by atoms with Gasteiger partial charge in [0.1, 0.15) is 11.9 Å². The highest BCUT2D eigenvalue weighted by Gasteiger charge is 2.28. The lowest BCUT2D eigenvalue weighted by atomic mass is 10.1. The Morgan fingerprint density at radius 2 is 2.05 bits per heavy atom. The molecule has 0 atom stereocenters. The molecule has 3 rings (SSSR count). The van der Waals surface area contributed by atoms with Gasteiger partial charge < -0.3 is 14.8 Å². The highest BCUT2D eigenvalue weighted by atomic mass is 16.5. The monoisotopic (exact) mass is 272 g/mol. The zero-order valence-electron chi connectivity index (χ0n) is 11.0. The van der Waals surface area contributed by atoms with Gasteiger partial charge in [0.15, 0.2) is 5.75 Å². The fourth-order valence-corrected chi connectivity index (χ4v) is 2.26. The summed E-state index contributed by atoms with van der Waals surface area (Å²) in [6.07, 6.45) is 1.52. The van der Waals surface area contributed by atoms with Gasteiger partial charge in [-0.2, -0.15) is 0 Å². The molecule has 0 saturated carbocycles. The molecule has 0 radical (unpaired) electrons. The summed E-state index contributed by atoms with van der Waals surface area (Å²) in [6, 6.07) is 11.2. The van der Waals surface area contributed by atoms with E-state index in [0.29, 0.717) is 6.54 Å². The molecular weight excluding hydrogens is 256 g/mol. The molecular formula is C15H16N2O3. The van der Waals surface area contributed by atoms with E-state index in [1.54, 1.807) is 0 Å². The molecule has 1 aromatic carbocycles. The topological polar surface area (TPSA) is 65.6 Å². The predicted octanol–water partition coefficient (Wildman–Crippen LogP) is 1.34. The maximum absolute atomic E-state index is 11.3. The van der Waals surface area contributed by atoms with Crippen molar-refractivity contribution in [3.63, 3.8) is 0 Å². The minimum Gasteiger partial charge on any atom is -0.503 e. The summed E-state index contributed by atoms with van der Waals surface area (Å²) in [6.45, 7) is 2.32. The third kappa shape index (κ3) is 2.83. The fraction of sp³-hybridized carbons (Fsp3) is 0.267. The Morgan fingerprint density at radius 1 is 1.30 bits per heavy atom. The molecule has 1 fully saturated rings. The third-order valence-corrected chi connectivity index (χ3v) is 3.32. The predicted molar refractivity (Wildman–Crippen MR) is 74.9 cm³/mol. The van der Waals surface area contributed by atoms with Gasteiger partial charge in [0.25, 0.3) is 0 Å². The Bertz CT molecular complexity index is 633. The van der Waals surface area contributed by atoms with Crippen LogP contribution in [-0.2, 0) is 6.54 Å². The summed E-state index contributed by atoms with van der Waals surface area (Å²) >= 11 is 0. The van der Waals surface area contributed by atoms with E-state index in [9.17, 15) is 9.90 Å². The van der Waals surface area contributed by atoms with Crippen molar-refractivity contribution < 1.29 is 9.84 Å². The molecule has 0 unspecified atom stereocenters. The van der Waals surface area contributed by atoms with Crippen LogP contribution in [0.2, 0.25) is 0 Å². The number of likely N-dealkylation sites (tertiary alicyclic amines) is 1. The molecule has 2 aromatic rings. The van der Waals surface area contributed by atoms with E-state index in [-0.39, 0.29) is 17.3 Å². The van der Waals surface area contributed by atoms with Gasteiger partial charge >= 0.3 is 0 Å². The van der Waals surface area contributed by atoms with Crippen LogP contribution in [0.5, 0.6) is 11.5 Å². The number of nitrogens with zero attached hydrogens (tertiary/aromatic N) is 1. The second kappa shape index (κ2) is 5.38. The van der Waals surface area contributed by atoms with Crippen molar-refractivity contribution in [3.05, 3.63) is 58.5 Å². The van der Waals surface area contributed by atoms with Crippen LogP contribution in [-0.4, -0.2) is 34.2 Å². The van der Waals surface area contributed by atoms with Crippen LogP contribution in [0, 0.1) is 0 Å². The molecule has 5 heteroatoms. The van der Waals surface area contributed by atoms with E-state index in [2.05, 4.69) is 9.88 Å². The summed E-state index contributed by atoms with van der Waals surface area (Å²) in [5.41, 5.74) is 0.447. The van der Waals surface area contributed by atoms with Crippen molar-refractivity contribution in [2.75, 3.05) is 13.1 Å². The van der Waals surface area contributed by atoms with Crippen LogP contribution in [0.15, 0.2) is 47.4 Å². The second-order valence-electron chi connectivity index (χ2n) is 4.95. The number of para-hydroxylation sites is 1. The van der Waals surface area contributed by atoms with Gasteiger partial charge in [0, 0.05) is 37.6 Å². The molecule has 20 heavy (non-hydrogen) atoms. The molecule has 104 valence electrons. The number of pyridine rings is 1. The number of hydrogen-bond donors (Lipinski definition) is 2. The van der Waals surface area contributed by atoms with Crippen molar-refractivity contribution in [2.24, 2.45) is 0 Å². The van der Waals surface area contributed by atoms with Crippen LogP contribution in [0.3, 0.4) is 0 Å². The third-order valence-electron chi connectivity index (χ3n) is 3.32. The van der Waals surface area contributed by atoms with Gasteiger partial charge in [-0.3, -0.25) is 9.69 Å². The molecule has 1 saturated heterocycles. The van der Waals surface area contributed by atoms with Gasteiger partial charge in [0.05, 0.1) is 0 Å². The first kappa shape index (κ1) is 12.7. The Morgan fingerprint density at radius 3 is 2.75 bits per heavy atom. The summed E-state index contributed by atoms with van der Waals surface area (Å²) in [5.74, 6) is 0.637. The number of aromatic hydroxyl groups is 1. The standard InChI is InChI=1S/C15H16N2O3/c18-14-6-11(16-7-15(14)19)8-17-9-13(10-17)20-12-4-2-1-3-5-12/h1-7,13,19H,8-10H2,(H,16,18). The van der Waals surface area contributed by atoms with Crippen LogP contribution in [0.4, 0.5) is 0 Å². The smallest absolute Gasteiger partial charge is 0.223 e. The lowest BCUT2D eigenvalue weighted by molar-refractivity contribution is 0.0138. The van der Waals surface area contributed by atoms with Gasteiger partial charge in [-0.15, -0.1) is 0 Å². The zero-order chi connectivity index (χ0) is 13.9. The van der Waals surface area contributed by atoms with E-state index < -0.39 is 0 Å². The van der Waals surface area contributed by atoms with E-state index in [4.69, 9.17) is 4.74 Å². The minimum atomic E-state index is -0.351. The molecule has 1 aromatic heterocycles. The zero-order valence-corrected chi connectivity index (χ0v) is 11.0. The lowest BCUT2D eigenvalue weighted by Gasteiger charge is -2.38. The van der Waals surface area contributed by atoms with Gasteiger partial charge in [0.2, 0.25) is 5.43 Å². The Labute approximate surface area is 116 Å². The van der Waals surface area contributed by atoms with Gasteiger partial charge in [-0.25, -0.2) is 0 Å². The van der Waals surface area contributed by atoms with Crippen LogP contribution < -0.4 is 10.2 Å². The fourth-order valence-electron chi connectivity index (χ4n) is 2.26. The summed E-state index contributed by atoms with van der Waals surface area (Å²) < 4.78 is 5.81. The molecule has 2 N–H and O–H groups in total. The maximum atomic E-state index is 11.3. The summed E-state index contributed by atoms with van der Waals surface area (Å²) in [5, 5.41) is 9.18. The number of H-pyrrole nitrogens is 1. The van der Waals surface area contributed by atoms with E-state index >= 15 is 0 Å². The highest BCUT2D eigenvalue weighted by Crippen LogP contribution is 2.18. The molecule has 2 heterocycles. The normalized spacial score (nSPS) is 15.8. The molecule has 1 aliphatic rings. The summed E-state index contributed by atoms with van der Waals surface area (Å²) in [7, 11) is 0. The molecule has 0 amide bonds. The Kier molecular flexibility index (Phi) is 3.43. The number of ether oxygens (including phenoxy) is 1. The van der Waals surface area contributed by atoms with Crippen molar-refractivity contribution in [2.45, 2.75) is 12.6 Å². The van der Waals surface area contributed by atoms with Crippen molar-refractivity contribution in [1.82, 2.24) is 9.88 Å². The number of hydrogen-bond acceptors (Lipinski definition) is 4. The van der Waals surface area contributed by atoms with Crippen LogP contribution in [0.25, 0.3) is 0 Å². The average Bonchev–Trinajstić information content (AvgIpc) is 2.41. The number of benzene rings is 1. The molecule has 5 nitrogen and oxygen atoms in total. The number of rotatable bonds is 4. The molecule has 1 aliphatic heterocycles. The van der Waals surface area contributed by atoms with Crippen molar-refractivity contribution in [1.29, 1.82) is 0 Å². The lowest BCUT2D eigenvalue weighted by Crippen LogP contribution is -2.53. The summed E-state index contributed by atoms with van der Waals surface area (Å²) in [4.78, 5) is 16.4. The second-order valence-corrected chi connectivity index (χ2v) is 4.95. The first-order chi connectivity index (χ1) is 9.70. The van der Waals surface area contributed by atoms with Crippen molar-refractivity contribution in [3.8, 4) is 11.5 Å². The van der Waals surface area contributed by atoms with Crippen molar-refractivity contribution >= 4 is 0 Å². The molecule has 0 spiro atoms. The SMILES string of the molecule is O=c1cc(CN2CC(Oc3ccccc3)C2)[nH]cc1O. The average molecular weight is 272 g/mol. The van der Waals surface area contributed by atoms with E-state index in [0.717, 1.165) is 24.5 Å². The quantitative estimate of drug-likeness (QED) is 0.881. The Hall–Kier alpha value is -2.27. The number of nitrogens with one attached hydrogen (secondary N) is 1. The van der Waals surface area contributed by atoms with Crippen LogP contribution in [0.1, 0.15) is 5.69 Å². The van der Waals surface area contributed by atoms with E-state index in [1.165, 1.54) is 12.3 Å². The first-order valence-corrected chi connectivity index (χ1v) is 6.55. The Balaban J connectivity index is 1.51. The first-order valence-electron chi connectivity index (χ1n) is 6.55.